The van der Waals surface area contributed by atoms with Crippen molar-refractivity contribution in [3.63, 3.8) is 0 Å². The number of esters is 1. The van der Waals surface area contributed by atoms with Gasteiger partial charge in [0.25, 0.3) is 0 Å². The quantitative estimate of drug-likeness (QED) is 0.754. The van der Waals surface area contributed by atoms with Crippen molar-refractivity contribution in [2.45, 2.75) is 71.2 Å². The summed E-state index contributed by atoms with van der Waals surface area (Å²) >= 11 is 0. The van der Waals surface area contributed by atoms with E-state index in [0.717, 1.165) is 6.42 Å². The number of ether oxygens (including phenoxy) is 1. The van der Waals surface area contributed by atoms with Gasteiger partial charge in [-0.25, -0.2) is 0 Å². The molecule has 0 bridgehead atoms. The van der Waals surface area contributed by atoms with Crippen molar-refractivity contribution in [1.29, 1.82) is 0 Å². The van der Waals surface area contributed by atoms with Crippen LogP contribution in [-0.2, 0) is 14.3 Å². The van der Waals surface area contributed by atoms with Gasteiger partial charge in [0, 0.05) is 12.3 Å². The Balaban J connectivity index is 2.48. The molecule has 2 rings (SSSR count). The van der Waals surface area contributed by atoms with Gasteiger partial charge in [0.1, 0.15) is 11.9 Å². The van der Waals surface area contributed by atoms with Gasteiger partial charge < -0.3 is 14.9 Å². The van der Waals surface area contributed by atoms with Gasteiger partial charge in [0.05, 0.1) is 17.6 Å². The normalized spacial score (nSPS) is 46.6. The minimum absolute atomic E-state index is 0.0677. The molecule has 0 aromatic rings. The third-order valence-corrected chi connectivity index (χ3v) is 5.96. The molecule has 6 unspecified atom stereocenters. The van der Waals surface area contributed by atoms with E-state index in [2.05, 4.69) is 0 Å². The molecule has 5 heteroatoms. The van der Waals surface area contributed by atoms with Crippen molar-refractivity contribution in [3.8, 4) is 0 Å². The number of aliphatic hydroxyl groups is 2. The number of ketones is 1. The zero-order chi connectivity index (χ0) is 16.0. The molecule has 0 aliphatic heterocycles. The number of fused-ring (bicyclic) bond motifs is 1. The summed E-state index contributed by atoms with van der Waals surface area (Å²) in [5.41, 5.74) is -2.08. The fraction of sp³-hybridized carbons (Fsp3) is 0.875. The van der Waals surface area contributed by atoms with Crippen LogP contribution in [0.5, 0.6) is 0 Å². The fourth-order valence-corrected chi connectivity index (χ4v) is 4.68. The van der Waals surface area contributed by atoms with Gasteiger partial charge >= 0.3 is 5.97 Å². The van der Waals surface area contributed by atoms with Gasteiger partial charge in [0.15, 0.2) is 0 Å². The second-order valence-corrected chi connectivity index (χ2v) is 6.98. The molecule has 0 aromatic carbocycles. The zero-order valence-corrected chi connectivity index (χ0v) is 13.3. The van der Waals surface area contributed by atoms with E-state index >= 15 is 0 Å². The van der Waals surface area contributed by atoms with Crippen LogP contribution in [0, 0.1) is 17.3 Å². The first-order valence-electron chi connectivity index (χ1n) is 7.72. The van der Waals surface area contributed by atoms with Crippen molar-refractivity contribution >= 4 is 11.8 Å². The lowest BCUT2D eigenvalue weighted by Gasteiger charge is -2.61. The third-order valence-electron chi connectivity index (χ3n) is 5.96. The molecule has 5 nitrogen and oxygen atoms in total. The van der Waals surface area contributed by atoms with E-state index in [1.165, 1.54) is 13.8 Å². The first kappa shape index (κ1) is 16.4. The predicted molar refractivity (Wildman–Crippen MR) is 76.4 cm³/mol. The minimum atomic E-state index is -1.29. The number of hydrogen-bond donors (Lipinski definition) is 2. The Morgan fingerprint density at radius 1 is 1.19 bits per heavy atom. The number of carbonyl (C=O) groups excluding carboxylic acids is 2. The number of hydrogen-bond acceptors (Lipinski definition) is 5. The number of aliphatic hydroxyl groups excluding tert-OH is 1. The van der Waals surface area contributed by atoms with Gasteiger partial charge in [-0.05, 0) is 38.5 Å². The Kier molecular flexibility index (Phi) is 4.19. The van der Waals surface area contributed by atoms with E-state index < -0.39 is 35.1 Å². The molecule has 0 spiro atoms. The second kappa shape index (κ2) is 5.36. The third kappa shape index (κ3) is 2.30. The number of carbonyl (C=O) groups is 2. The zero-order valence-electron chi connectivity index (χ0n) is 13.3. The maximum absolute atomic E-state index is 12.3. The maximum Gasteiger partial charge on any atom is 0.302 e. The Bertz CT molecular complexity index is 448. The molecule has 2 saturated carbocycles. The largest absolute Gasteiger partial charge is 0.462 e. The van der Waals surface area contributed by atoms with Crippen LogP contribution in [0.15, 0.2) is 0 Å². The van der Waals surface area contributed by atoms with Crippen molar-refractivity contribution in [2.24, 2.45) is 17.3 Å². The van der Waals surface area contributed by atoms with Crippen molar-refractivity contribution < 1.29 is 24.5 Å². The molecule has 0 radical (unpaired) electrons. The van der Waals surface area contributed by atoms with Crippen LogP contribution in [0.4, 0.5) is 0 Å². The lowest BCUT2D eigenvalue weighted by molar-refractivity contribution is -0.253. The molecule has 2 fully saturated rings. The van der Waals surface area contributed by atoms with E-state index in [-0.39, 0.29) is 11.7 Å². The van der Waals surface area contributed by atoms with Crippen LogP contribution >= 0.6 is 0 Å². The van der Waals surface area contributed by atoms with Crippen LogP contribution in [0.25, 0.3) is 0 Å². The van der Waals surface area contributed by atoms with Crippen LogP contribution < -0.4 is 0 Å². The highest BCUT2D eigenvalue weighted by Crippen LogP contribution is 2.59. The smallest absolute Gasteiger partial charge is 0.302 e. The summed E-state index contributed by atoms with van der Waals surface area (Å²) in [5.74, 6) is -1.02. The first-order chi connectivity index (χ1) is 9.64. The summed E-state index contributed by atoms with van der Waals surface area (Å²) in [4.78, 5) is 23.6. The molecule has 0 saturated heterocycles. The average Bonchev–Trinajstić information content (AvgIpc) is 2.37. The lowest BCUT2D eigenvalue weighted by atomic mass is 9.47. The lowest BCUT2D eigenvalue weighted by Crippen LogP contribution is -2.69. The van der Waals surface area contributed by atoms with Gasteiger partial charge in [-0.3, -0.25) is 9.59 Å². The van der Waals surface area contributed by atoms with E-state index in [9.17, 15) is 19.8 Å². The molecule has 2 N–H and O–H groups in total. The Labute approximate surface area is 125 Å². The molecule has 2 aliphatic carbocycles. The molecule has 0 amide bonds. The molecule has 2 aliphatic rings. The summed E-state index contributed by atoms with van der Waals surface area (Å²) < 4.78 is 5.36. The highest BCUT2D eigenvalue weighted by molar-refractivity contribution is 5.81. The van der Waals surface area contributed by atoms with Crippen LogP contribution in [0.1, 0.15) is 53.4 Å². The highest BCUT2D eigenvalue weighted by Gasteiger charge is 2.65. The van der Waals surface area contributed by atoms with E-state index in [4.69, 9.17) is 4.74 Å². The Morgan fingerprint density at radius 3 is 2.33 bits per heavy atom. The predicted octanol–water partition coefficient (Wildman–Crippen LogP) is 1.45. The number of Topliss-reactive ketones (excluding diaryl/α,β-unsaturated/α-hetero) is 1. The summed E-state index contributed by atoms with van der Waals surface area (Å²) in [7, 11) is 0. The van der Waals surface area contributed by atoms with E-state index in [0.29, 0.717) is 19.3 Å². The fourth-order valence-electron chi connectivity index (χ4n) is 4.68. The average molecular weight is 298 g/mol. The molecule has 120 valence electrons. The summed E-state index contributed by atoms with van der Waals surface area (Å²) in [5, 5.41) is 21.5. The van der Waals surface area contributed by atoms with E-state index in [1.54, 1.807) is 0 Å². The molecular weight excluding hydrogens is 272 g/mol. The maximum atomic E-state index is 12.3. The van der Waals surface area contributed by atoms with Gasteiger partial charge in [-0.15, -0.1) is 0 Å². The molecular formula is C16H26O5. The SMILES string of the molecule is CC(=O)OC1CCC2(O)C(O)CCC(C)C2(C)C1C(C)=O. The van der Waals surface area contributed by atoms with Crippen molar-refractivity contribution in [1.82, 2.24) is 0 Å². The molecule has 0 aromatic heterocycles. The van der Waals surface area contributed by atoms with E-state index in [1.807, 2.05) is 13.8 Å². The number of rotatable bonds is 2. The Hall–Kier alpha value is -0.940. The van der Waals surface area contributed by atoms with Gasteiger partial charge in [-0.1, -0.05) is 13.8 Å². The topological polar surface area (TPSA) is 83.8 Å². The summed E-state index contributed by atoms with van der Waals surface area (Å²) in [6, 6.07) is 0. The molecule has 21 heavy (non-hydrogen) atoms. The van der Waals surface area contributed by atoms with Crippen LogP contribution in [0.3, 0.4) is 0 Å². The Morgan fingerprint density at radius 2 is 1.81 bits per heavy atom. The highest BCUT2D eigenvalue weighted by atomic mass is 16.5. The minimum Gasteiger partial charge on any atom is -0.462 e. The van der Waals surface area contributed by atoms with Crippen LogP contribution in [0.2, 0.25) is 0 Å². The monoisotopic (exact) mass is 298 g/mol. The summed E-state index contributed by atoms with van der Waals surface area (Å²) in [6.45, 7) is 6.68. The van der Waals surface area contributed by atoms with Crippen molar-refractivity contribution in [2.75, 3.05) is 0 Å². The second-order valence-electron chi connectivity index (χ2n) is 6.98. The van der Waals surface area contributed by atoms with Crippen LogP contribution in [-0.4, -0.2) is 39.8 Å². The molecule has 0 heterocycles. The van der Waals surface area contributed by atoms with Gasteiger partial charge in [-0.2, -0.15) is 0 Å². The molecule has 6 atom stereocenters. The standard InChI is InChI=1S/C16H26O5/c1-9-5-6-13(19)16(20)8-7-12(21-11(3)18)14(10(2)17)15(9,16)4/h9,12-14,19-20H,5-8H2,1-4H3. The van der Waals surface area contributed by atoms with Crippen molar-refractivity contribution in [3.05, 3.63) is 0 Å². The van der Waals surface area contributed by atoms with Gasteiger partial charge in [0.2, 0.25) is 0 Å². The summed E-state index contributed by atoms with van der Waals surface area (Å²) in [6.07, 6.45) is 0.681. The first-order valence-corrected chi connectivity index (χ1v) is 7.72.